The van der Waals surface area contributed by atoms with E-state index in [-0.39, 0.29) is 5.02 Å². The van der Waals surface area contributed by atoms with Gasteiger partial charge in [0.2, 0.25) is 0 Å². The van der Waals surface area contributed by atoms with Gasteiger partial charge in [0.05, 0.1) is 5.02 Å². The van der Waals surface area contributed by atoms with Crippen molar-refractivity contribution in [3.8, 4) is 0 Å². The van der Waals surface area contributed by atoms with Crippen molar-refractivity contribution in [2.75, 3.05) is 5.32 Å². The number of nitrogens with one attached hydrogen (secondary N) is 1. The van der Waals surface area contributed by atoms with Crippen LogP contribution >= 0.6 is 11.6 Å². The van der Waals surface area contributed by atoms with Crippen LogP contribution in [0.2, 0.25) is 5.02 Å². The van der Waals surface area contributed by atoms with Gasteiger partial charge in [-0.25, -0.2) is 13.9 Å². The van der Waals surface area contributed by atoms with E-state index < -0.39 is 5.82 Å². The van der Waals surface area contributed by atoms with Crippen molar-refractivity contribution in [3.05, 3.63) is 53.7 Å². The molecule has 0 amide bonds. The molecular weight excluding hydrogens is 255 g/mol. The lowest BCUT2D eigenvalue weighted by Gasteiger charge is -2.07. The Hall–Kier alpha value is -2.14. The Bertz CT molecular complexity index is 710. The van der Waals surface area contributed by atoms with Crippen LogP contribution in [-0.2, 0) is 0 Å². The van der Waals surface area contributed by atoms with Crippen LogP contribution in [-0.4, -0.2) is 14.6 Å². The molecule has 2 aromatic heterocycles. The van der Waals surface area contributed by atoms with Crippen LogP contribution in [0.3, 0.4) is 0 Å². The molecule has 1 aromatic carbocycles. The van der Waals surface area contributed by atoms with Crippen LogP contribution in [0, 0.1) is 5.82 Å². The lowest BCUT2D eigenvalue weighted by Crippen LogP contribution is -1.99. The molecule has 0 saturated carbocycles. The summed E-state index contributed by atoms with van der Waals surface area (Å²) in [6.07, 6.45) is 3.26. The number of hydrogen-bond acceptors (Lipinski definition) is 3. The summed E-state index contributed by atoms with van der Waals surface area (Å²) in [5.41, 5.74) is 1.50. The Balaban J connectivity index is 2.01. The van der Waals surface area contributed by atoms with Crippen molar-refractivity contribution < 1.29 is 4.39 Å². The molecule has 0 bridgehead atoms. The molecule has 1 N–H and O–H groups in total. The average Bonchev–Trinajstić information content (AvgIpc) is 2.83. The quantitative estimate of drug-likeness (QED) is 0.771. The van der Waals surface area contributed by atoms with Gasteiger partial charge in [0.25, 0.3) is 0 Å². The second kappa shape index (κ2) is 4.27. The van der Waals surface area contributed by atoms with E-state index in [1.807, 2.05) is 18.3 Å². The first-order chi connectivity index (χ1) is 8.74. The summed E-state index contributed by atoms with van der Waals surface area (Å²) < 4.78 is 14.7. The summed E-state index contributed by atoms with van der Waals surface area (Å²) in [5.74, 6) is 0.190. The summed E-state index contributed by atoms with van der Waals surface area (Å²) in [5, 5.41) is 7.20. The molecule has 0 aliphatic carbocycles. The molecule has 3 rings (SSSR count). The summed E-state index contributed by atoms with van der Waals surface area (Å²) in [6, 6.07) is 8.17. The number of nitrogens with zero attached hydrogens (tertiary/aromatic N) is 3. The number of anilines is 2. The molecule has 0 aliphatic rings. The first kappa shape index (κ1) is 11.0. The maximum absolute atomic E-state index is 13.1. The van der Waals surface area contributed by atoms with Gasteiger partial charge in [0.15, 0.2) is 5.82 Å². The van der Waals surface area contributed by atoms with E-state index in [9.17, 15) is 4.39 Å². The van der Waals surface area contributed by atoms with E-state index in [1.165, 1.54) is 18.5 Å². The monoisotopic (exact) mass is 262 g/mol. The minimum absolute atomic E-state index is 0.0699. The van der Waals surface area contributed by atoms with Crippen molar-refractivity contribution in [1.29, 1.82) is 0 Å². The lowest BCUT2D eigenvalue weighted by molar-refractivity contribution is 0.628. The van der Waals surface area contributed by atoms with Gasteiger partial charge < -0.3 is 5.32 Å². The number of halogens is 2. The van der Waals surface area contributed by atoms with Gasteiger partial charge >= 0.3 is 0 Å². The SMILES string of the molecule is Fc1ccc(Nc2ncnn3cccc23)cc1Cl. The minimum atomic E-state index is -0.447. The smallest absolute Gasteiger partial charge is 0.158 e. The third kappa shape index (κ3) is 1.89. The summed E-state index contributed by atoms with van der Waals surface area (Å²) >= 11 is 5.72. The molecule has 0 aliphatic heterocycles. The largest absolute Gasteiger partial charge is 0.338 e. The Morgan fingerprint density at radius 3 is 3.00 bits per heavy atom. The fraction of sp³-hybridized carbons (Fsp3) is 0. The van der Waals surface area contributed by atoms with E-state index in [0.29, 0.717) is 11.5 Å². The van der Waals surface area contributed by atoms with Crippen molar-refractivity contribution in [1.82, 2.24) is 14.6 Å². The number of aromatic nitrogens is 3. The Morgan fingerprint density at radius 1 is 1.28 bits per heavy atom. The van der Waals surface area contributed by atoms with E-state index in [2.05, 4.69) is 15.4 Å². The molecule has 18 heavy (non-hydrogen) atoms. The van der Waals surface area contributed by atoms with E-state index in [4.69, 9.17) is 11.6 Å². The predicted molar refractivity (Wildman–Crippen MR) is 67.7 cm³/mol. The predicted octanol–water partition coefficient (Wildman–Crippen LogP) is 3.27. The summed E-state index contributed by atoms with van der Waals surface area (Å²) in [4.78, 5) is 4.15. The van der Waals surface area contributed by atoms with Gasteiger partial charge in [-0.3, -0.25) is 0 Å². The third-order valence-corrected chi connectivity index (χ3v) is 2.81. The molecule has 0 spiro atoms. The summed E-state index contributed by atoms with van der Waals surface area (Å²) in [7, 11) is 0. The zero-order valence-electron chi connectivity index (χ0n) is 9.14. The fourth-order valence-electron chi connectivity index (χ4n) is 1.67. The topological polar surface area (TPSA) is 42.2 Å². The minimum Gasteiger partial charge on any atom is -0.338 e. The maximum atomic E-state index is 13.1. The molecule has 6 heteroatoms. The van der Waals surface area contributed by atoms with Gasteiger partial charge in [-0.05, 0) is 30.3 Å². The zero-order valence-corrected chi connectivity index (χ0v) is 9.89. The first-order valence-electron chi connectivity index (χ1n) is 5.24. The second-order valence-corrected chi connectivity index (χ2v) is 4.11. The molecule has 4 nitrogen and oxygen atoms in total. The Morgan fingerprint density at radius 2 is 2.17 bits per heavy atom. The number of rotatable bonds is 2. The highest BCUT2D eigenvalue weighted by Gasteiger charge is 2.05. The second-order valence-electron chi connectivity index (χ2n) is 3.70. The van der Waals surface area contributed by atoms with Crippen LogP contribution in [0.1, 0.15) is 0 Å². The standard InChI is InChI=1S/C12H8ClFN4/c13-9-6-8(3-4-10(9)14)17-12-11-2-1-5-18(11)16-7-15-12/h1-7H,(H,15,16,17). The highest BCUT2D eigenvalue weighted by Crippen LogP contribution is 2.23. The van der Waals surface area contributed by atoms with Gasteiger partial charge in [0.1, 0.15) is 17.7 Å². The normalized spacial score (nSPS) is 10.8. The molecule has 2 heterocycles. The third-order valence-electron chi connectivity index (χ3n) is 2.52. The highest BCUT2D eigenvalue weighted by molar-refractivity contribution is 6.31. The molecular formula is C12H8ClFN4. The van der Waals surface area contributed by atoms with Crippen LogP contribution in [0.15, 0.2) is 42.9 Å². The van der Waals surface area contributed by atoms with E-state index in [1.54, 1.807) is 10.6 Å². The van der Waals surface area contributed by atoms with Crippen molar-refractivity contribution in [2.24, 2.45) is 0 Å². The van der Waals surface area contributed by atoms with Crippen molar-refractivity contribution in [3.63, 3.8) is 0 Å². The average molecular weight is 263 g/mol. The zero-order chi connectivity index (χ0) is 12.5. The van der Waals surface area contributed by atoms with Gasteiger partial charge in [0, 0.05) is 11.9 Å². The molecule has 0 unspecified atom stereocenters. The van der Waals surface area contributed by atoms with E-state index in [0.717, 1.165) is 5.52 Å². The van der Waals surface area contributed by atoms with Crippen LogP contribution in [0.5, 0.6) is 0 Å². The van der Waals surface area contributed by atoms with Gasteiger partial charge in [-0.15, -0.1) is 0 Å². The highest BCUT2D eigenvalue weighted by atomic mass is 35.5. The van der Waals surface area contributed by atoms with Crippen molar-refractivity contribution >= 4 is 28.6 Å². The summed E-state index contributed by atoms with van der Waals surface area (Å²) in [6.45, 7) is 0. The Kier molecular flexibility index (Phi) is 2.60. The molecule has 90 valence electrons. The van der Waals surface area contributed by atoms with E-state index >= 15 is 0 Å². The number of benzene rings is 1. The lowest BCUT2D eigenvalue weighted by atomic mass is 10.3. The molecule has 0 atom stereocenters. The maximum Gasteiger partial charge on any atom is 0.158 e. The molecule has 0 radical (unpaired) electrons. The molecule has 0 fully saturated rings. The van der Waals surface area contributed by atoms with Gasteiger partial charge in [-0.2, -0.15) is 5.10 Å². The van der Waals surface area contributed by atoms with Crippen LogP contribution in [0.25, 0.3) is 5.52 Å². The van der Waals surface area contributed by atoms with Crippen LogP contribution < -0.4 is 5.32 Å². The number of hydrogen-bond donors (Lipinski definition) is 1. The Labute approximate surface area is 107 Å². The number of fused-ring (bicyclic) bond motifs is 1. The molecule has 0 saturated heterocycles. The molecule has 3 aromatic rings. The van der Waals surface area contributed by atoms with Gasteiger partial charge in [-0.1, -0.05) is 11.6 Å². The van der Waals surface area contributed by atoms with Crippen molar-refractivity contribution in [2.45, 2.75) is 0 Å². The first-order valence-corrected chi connectivity index (χ1v) is 5.62. The van der Waals surface area contributed by atoms with Crippen LogP contribution in [0.4, 0.5) is 15.9 Å². The fourth-order valence-corrected chi connectivity index (χ4v) is 1.85.